The Kier molecular flexibility index (Phi) is 3.47. The number of methoxy groups -OCH3 is 1. The topological polar surface area (TPSA) is 38.7 Å². The molecule has 4 heteroatoms. The molecule has 0 spiro atoms. The molecule has 0 aliphatic carbocycles. The van der Waals surface area contributed by atoms with Crippen molar-refractivity contribution in [1.29, 1.82) is 0 Å². The lowest BCUT2D eigenvalue weighted by Crippen LogP contribution is -2.06. The highest BCUT2D eigenvalue weighted by Crippen LogP contribution is 2.38. The predicted octanol–water partition coefficient (Wildman–Crippen LogP) is 2.84. The molecule has 1 N–H and O–H groups in total. The van der Waals surface area contributed by atoms with Crippen molar-refractivity contribution < 1.29 is 14.6 Å². The van der Waals surface area contributed by atoms with Gasteiger partial charge in [0.05, 0.1) is 18.2 Å². The zero-order valence-corrected chi connectivity index (χ0v) is 9.13. The van der Waals surface area contributed by atoms with Gasteiger partial charge in [0.1, 0.15) is 5.75 Å². The van der Waals surface area contributed by atoms with Crippen molar-refractivity contribution in [2.45, 2.75) is 20.0 Å². The van der Waals surface area contributed by atoms with Gasteiger partial charge >= 0.3 is 0 Å². The van der Waals surface area contributed by atoms with Crippen LogP contribution >= 0.6 is 11.6 Å². The van der Waals surface area contributed by atoms with Gasteiger partial charge in [-0.05, 0) is 13.8 Å². The minimum atomic E-state index is 0.00164. The van der Waals surface area contributed by atoms with Gasteiger partial charge in [0.15, 0.2) is 11.5 Å². The molecule has 1 rings (SSSR count). The molecular weight excluding hydrogens is 204 g/mol. The minimum absolute atomic E-state index is 0.00164. The molecule has 0 saturated carbocycles. The largest absolute Gasteiger partial charge is 0.508 e. The Bertz CT molecular complexity index is 323. The zero-order chi connectivity index (χ0) is 10.7. The normalized spacial score (nSPS) is 10.4. The van der Waals surface area contributed by atoms with Crippen LogP contribution in [0.4, 0.5) is 0 Å². The first-order valence-corrected chi connectivity index (χ1v) is 4.65. The van der Waals surface area contributed by atoms with E-state index in [4.69, 9.17) is 21.1 Å². The lowest BCUT2D eigenvalue weighted by molar-refractivity contribution is 0.229. The Hall–Kier alpha value is -1.09. The van der Waals surface area contributed by atoms with Crippen molar-refractivity contribution >= 4 is 11.6 Å². The van der Waals surface area contributed by atoms with E-state index in [-0.39, 0.29) is 11.9 Å². The number of hydrogen-bond acceptors (Lipinski definition) is 3. The maximum absolute atomic E-state index is 9.31. The Morgan fingerprint density at radius 1 is 1.36 bits per heavy atom. The van der Waals surface area contributed by atoms with Gasteiger partial charge in [0.2, 0.25) is 0 Å². The summed E-state index contributed by atoms with van der Waals surface area (Å²) in [4.78, 5) is 0. The molecule has 0 saturated heterocycles. The molecule has 78 valence electrons. The van der Waals surface area contributed by atoms with Crippen molar-refractivity contribution in [2.24, 2.45) is 0 Å². The van der Waals surface area contributed by atoms with E-state index in [0.717, 1.165) is 0 Å². The molecule has 1 aromatic rings. The van der Waals surface area contributed by atoms with Crippen LogP contribution in [-0.4, -0.2) is 18.3 Å². The summed E-state index contributed by atoms with van der Waals surface area (Å²) in [5, 5.41) is 9.64. The van der Waals surface area contributed by atoms with Gasteiger partial charge in [-0.2, -0.15) is 0 Å². The number of benzene rings is 1. The lowest BCUT2D eigenvalue weighted by Gasteiger charge is -2.14. The second-order valence-corrected chi connectivity index (χ2v) is 3.53. The summed E-state index contributed by atoms with van der Waals surface area (Å²) in [6.07, 6.45) is 0.00164. The third-order valence-electron chi connectivity index (χ3n) is 1.56. The number of hydrogen-bond donors (Lipinski definition) is 1. The average molecular weight is 217 g/mol. The summed E-state index contributed by atoms with van der Waals surface area (Å²) in [7, 11) is 1.51. The summed E-state index contributed by atoms with van der Waals surface area (Å²) >= 11 is 5.85. The van der Waals surface area contributed by atoms with Gasteiger partial charge in [-0.25, -0.2) is 0 Å². The third kappa shape index (κ3) is 2.45. The van der Waals surface area contributed by atoms with Gasteiger partial charge in [-0.3, -0.25) is 0 Å². The van der Waals surface area contributed by atoms with Gasteiger partial charge in [-0.1, -0.05) is 11.6 Å². The van der Waals surface area contributed by atoms with Gasteiger partial charge < -0.3 is 14.6 Å². The number of rotatable bonds is 3. The fourth-order valence-corrected chi connectivity index (χ4v) is 1.38. The molecule has 14 heavy (non-hydrogen) atoms. The van der Waals surface area contributed by atoms with E-state index in [1.54, 1.807) is 0 Å². The van der Waals surface area contributed by atoms with E-state index in [9.17, 15) is 5.11 Å². The van der Waals surface area contributed by atoms with E-state index >= 15 is 0 Å². The van der Waals surface area contributed by atoms with Gasteiger partial charge in [0.25, 0.3) is 0 Å². The Balaban J connectivity index is 3.11. The van der Waals surface area contributed by atoms with E-state index in [1.807, 2.05) is 13.8 Å². The Morgan fingerprint density at radius 2 is 2.00 bits per heavy atom. The van der Waals surface area contributed by atoms with E-state index in [0.29, 0.717) is 16.5 Å². The molecule has 0 atom stereocenters. The highest BCUT2D eigenvalue weighted by Gasteiger charge is 2.12. The first kappa shape index (κ1) is 11.0. The first-order valence-electron chi connectivity index (χ1n) is 4.27. The molecular formula is C10H13ClO3. The average Bonchev–Trinajstić information content (AvgIpc) is 2.01. The Morgan fingerprint density at radius 3 is 2.50 bits per heavy atom. The van der Waals surface area contributed by atoms with Crippen molar-refractivity contribution in [3.8, 4) is 17.2 Å². The summed E-state index contributed by atoms with van der Waals surface area (Å²) in [5.41, 5.74) is 0. The molecule has 0 heterocycles. The van der Waals surface area contributed by atoms with Gasteiger partial charge in [0, 0.05) is 12.1 Å². The summed E-state index contributed by atoms with van der Waals surface area (Å²) in [5.74, 6) is 0.956. The Labute approximate surface area is 88.2 Å². The third-order valence-corrected chi connectivity index (χ3v) is 1.84. The van der Waals surface area contributed by atoms with Crippen LogP contribution in [0.25, 0.3) is 0 Å². The van der Waals surface area contributed by atoms with Crippen LogP contribution in [0.15, 0.2) is 12.1 Å². The summed E-state index contributed by atoms with van der Waals surface area (Å²) in [6.45, 7) is 3.77. The highest BCUT2D eigenvalue weighted by molar-refractivity contribution is 6.32. The van der Waals surface area contributed by atoms with Crippen LogP contribution < -0.4 is 9.47 Å². The molecule has 0 unspecified atom stereocenters. The van der Waals surface area contributed by atoms with Crippen LogP contribution in [0, 0.1) is 0 Å². The second kappa shape index (κ2) is 4.42. The quantitative estimate of drug-likeness (QED) is 0.845. The second-order valence-electron chi connectivity index (χ2n) is 3.13. The van der Waals surface area contributed by atoms with Crippen LogP contribution in [0.2, 0.25) is 5.02 Å². The van der Waals surface area contributed by atoms with Crippen molar-refractivity contribution in [3.05, 3.63) is 17.2 Å². The van der Waals surface area contributed by atoms with Crippen molar-refractivity contribution in [3.63, 3.8) is 0 Å². The van der Waals surface area contributed by atoms with Crippen molar-refractivity contribution in [1.82, 2.24) is 0 Å². The van der Waals surface area contributed by atoms with Gasteiger partial charge in [-0.15, -0.1) is 0 Å². The zero-order valence-electron chi connectivity index (χ0n) is 8.37. The number of halogens is 1. The predicted molar refractivity (Wildman–Crippen MR) is 55.4 cm³/mol. The molecule has 0 bridgehead atoms. The number of aromatic hydroxyl groups is 1. The molecule has 0 radical (unpaired) electrons. The van der Waals surface area contributed by atoms with Crippen LogP contribution in [0.5, 0.6) is 17.2 Å². The summed E-state index contributed by atoms with van der Waals surface area (Å²) in [6, 6.07) is 2.89. The monoisotopic (exact) mass is 216 g/mol. The fraction of sp³-hybridized carbons (Fsp3) is 0.400. The van der Waals surface area contributed by atoms with Crippen LogP contribution in [-0.2, 0) is 0 Å². The maximum atomic E-state index is 9.31. The fourth-order valence-electron chi connectivity index (χ4n) is 1.09. The smallest absolute Gasteiger partial charge is 0.179 e. The molecule has 0 aliphatic heterocycles. The molecule has 0 amide bonds. The molecule has 3 nitrogen and oxygen atoms in total. The number of phenolic OH excluding ortho intramolecular Hbond substituents is 1. The first-order chi connectivity index (χ1) is 6.54. The standard InChI is InChI=1S/C10H13ClO3/c1-6(2)14-9-5-7(12)4-8(11)10(9)13-3/h4-6,12H,1-3H3. The molecule has 0 aromatic heterocycles. The SMILES string of the molecule is COc1c(Cl)cc(O)cc1OC(C)C. The molecule has 1 aromatic carbocycles. The highest BCUT2D eigenvalue weighted by atomic mass is 35.5. The maximum Gasteiger partial charge on any atom is 0.179 e. The summed E-state index contributed by atoms with van der Waals surface area (Å²) < 4.78 is 10.5. The number of phenols is 1. The molecule has 0 fully saturated rings. The molecule has 0 aliphatic rings. The van der Waals surface area contributed by atoms with E-state index < -0.39 is 0 Å². The minimum Gasteiger partial charge on any atom is -0.508 e. The lowest BCUT2D eigenvalue weighted by atomic mass is 10.3. The van der Waals surface area contributed by atoms with Crippen LogP contribution in [0.1, 0.15) is 13.8 Å². The number of ether oxygens (including phenoxy) is 2. The van der Waals surface area contributed by atoms with Crippen molar-refractivity contribution in [2.75, 3.05) is 7.11 Å². The van der Waals surface area contributed by atoms with E-state index in [1.165, 1.54) is 19.2 Å². The van der Waals surface area contributed by atoms with Crippen LogP contribution in [0.3, 0.4) is 0 Å². The van der Waals surface area contributed by atoms with E-state index in [2.05, 4.69) is 0 Å².